The zero-order valence-electron chi connectivity index (χ0n) is 11.7. The van der Waals surface area contributed by atoms with Gasteiger partial charge >= 0.3 is 0 Å². The molecule has 1 unspecified atom stereocenters. The predicted molar refractivity (Wildman–Crippen MR) is 79.7 cm³/mol. The van der Waals surface area contributed by atoms with Crippen molar-refractivity contribution in [1.82, 2.24) is 0 Å². The fourth-order valence-electron chi connectivity index (χ4n) is 2.03. The number of hydrogen-bond donors (Lipinski definition) is 0. The normalized spacial score (nSPS) is 12.6. The lowest BCUT2D eigenvalue weighted by Gasteiger charge is -2.17. The van der Waals surface area contributed by atoms with E-state index in [2.05, 4.69) is 36.7 Å². The van der Waals surface area contributed by atoms with E-state index < -0.39 is 0 Å². The van der Waals surface area contributed by atoms with E-state index in [9.17, 15) is 0 Å². The third kappa shape index (κ3) is 4.89. The first-order valence-corrected chi connectivity index (χ1v) is 7.54. The van der Waals surface area contributed by atoms with Gasteiger partial charge in [0.05, 0.1) is 13.7 Å². The molecule has 0 aromatic heterocycles. The second-order valence-electron chi connectivity index (χ2n) is 5.15. The summed E-state index contributed by atoms with van der Waals surface area (Å²) in [4.78, 5) is 0. The number of alkyl halides is 1. The van der Waals surface area contributed by atoms with Crippen molar-refractivity contribution in [3.8, 4) is 11.5 Å². The Balaban J connectivity index is 2.61. The topological polar surface area (TPSA) is 18.5 Å². The Morgan fingerprint density at radius 2 is 1.94 bits per heavy atom. The first-order valence-electron chi connectivity index (χ1n) is 6.42. The highest BCUT2D eigenvalue weighted by atomic mass is 79.9. The Kier molecular flexibility index (Phi) is 6.55. The van der Waals surface area contributed by atoms with Crippen LogP contribution < -0.4 is 9.47 Å². The van der Waals surface area contributed by atoms with Gasteiger partial charge in [-0.25, -0.2) is 0 Å². The monoisotopic (exact) mass is 314 g/mol. The van der Waals surface area contributed by atoms with E-state index >= 15 is 0 Å². The zero-order valence-corrected chi connectivity index (χ0v) is 13.3. The third-order valence-electron chi connectivity index (χ3n) is 2.81. The van der Waals surface area contributed by atoms with Gasteiger partial charge in [-0.1, -0.05) is 36.7 Å². The van der Waals surface area contributed by atoms with Gasteiger partial charge in [0.2, 0.25) is 0 Å². The molecule has 0 heterocycles. The van der Waals surface area contributed by atoms with E-state index in [1.807, 2.05) is 18.2 Å². The van der Waals surface area contributed by atoms with Crippen LogP contribution in [0, 0.1) is 11.8 Å². The predicted octanol–water partition coefficient (Wildman–Crippen LogP) is 4.65. The lowest BCUT2D eigenvalue weighted by molar-refractivity contribution is 0.237. The van der Waals surface area contributed by atoms with Gasteiger partial charge in [0, 0.05) is 10.9 Å². The number of benzene rings is 1. The van der Waals surface area contributed by atoms with Crippen LogP contribution in [0.1, 0.15) is 32.8 Å². The molecule has 3 heteroatoms. The number of ether oxygens (including phenoxy) is 2. The molecule has 1 rings (SSSR count). The molecule has 0 aliphatic heterocycles. The summed E-state index contributed by atoms with van der Waals surface area (Å²) in [7, 11) is 1.68. The summed E-state index contributed by atoms with van der Waals surface area (Å²) >= 11 is 3.48. The molecule has 2 nitrogen and oxygen atoms in total. The summed E-state index contributed by atoms with van der Waals surface area (Å²) in [5.41, 5.74) is 1.13. The maximum absolute atomic E-state index is 5.90. The van der Waals surface area contributed by atoms with Gasteiger partial charge in [-0.15, -0.1) is 0 Å². The molecule has 102 valence electrons. The number of methoxy groups -OCH3 is 1. The minimum Gasteiger partial charge on any atom is -0.497 e. The average molecular weight is 315 g/mol. The van der Waals surface area contributed by atoms with Crippen LogP contribution in [0.15, 0.2) is 18.2 Å². The molecule has 0 amide bonds. The summed E-state index contributed by atoms with van der Waals surface area (Å²) in [5.74, 6) is 3.11. The highest BCUT2D eigenvalue weighted by molar-refractivity contribution is 9.08. The van der Waals surface area contributed by atoms with Crippen molar-refractivity contribution >= 4 is 15.9 Å². The van der Waals surface area contributed by atoms with Crippen LogP contribution >= 0.6 is 15.9 Å². The molecule has 0 fully saturated rings. The van der Waals surface area contributed by atoms with Crippen LogP contribution in [0.3, 0.4) is 0 Å². The van der Waals surface area contributed by atoms with Crippen molar-refractivity contribution in [1.29, 1.82) is 0 Å². The fraction of sp³-hybridized carbons (Fsp3) is 0.600. The van der Waals surface area contributed by atoms with Crippen molar-refractivity contribution in [2.24, 2.45) is 11.8 Å². The van der Waals surface area contributed by atoms with Crippen LogP contribution in [0.2, 0.25) is 0 Å². The molecule has 0 spiro atoms. The fourth-order valence-corrected chi connectivity index (χ4v) is 2.47. The zero-order chi connectivity index (χ0) is 13.5. The molecule has 0 radical (unpaired) electrons. The van der Waals surface area contributed by atoms with Gasteiger partial charge in [-0.05, 0) is 36.5 Å². The van der Waals surface area contributed by atoms with E-state index in [4.69, 9.17) is 9.47 Å². The van der Waals surface area contributed by atoms with Crippen LogP contribution in [-0.4, -0.2) is 13.7 Å². The highest BCUT2D eigenvalue weighted by Gasteiger charge is 2.09. The SMILES string of the molecule is COc1ccc(OCC(C)CC(C)C)c(CBr)c1. The Bertz CT molecular complexity index is 364. The molecule has 0 saturated carbocycles. The molecule has 0 aliphatic carbocycles. The third-order valence-corrected chi connectivity index (χ3v) is 3.41. The van der Waals surface area contributed by atoms with Gasteiger partial charge in [0.15, 0.2) is 0 Å². The van der Waals surface area contributed by atoms with Crippen molar-refractivity contribution in [3.05, 3.63) is 23.8 Å². The standard InChI is InChI=1S/C15H23BrO2/c1-11(2)7-12(3)10-18-15-6-5-14(17-4)8-13(15)9-16/h5-6,8,11-12H,7,9-10H2,1-4H3. The Morgan fingerprint density at radius 3 is 2.50 bits per heavy atom. The maximum atomic E-state index is 5.90. The number of hydrogen-bond acceptors (Lipinski definition) is 2. The molecule has 1 atom stereocenters. The maximum Gasteiger partial charge on any atom is 0.123 e. The lowest BCUT2D eigenvalue weighted by atomic mass is 10.00. The second-order valence-corrected chi connectivity index (χ2v) is 5.71. The smallest absolute Gasteiger partial charge is 0.123 e. The molecular formula is C15H23BrO2. The van der Waals surface area contributed by atoms with Crippen LogP contribution in [0.4, 0.5) is 0 Å². The second kappa shape index (κ2) is 7.67. The summed E-state index contributed by atoms with van der Waals surface area (Å²) in [5, 5.41) is 0.776. The summed E-state index contributed by atoms with van der Waals surface area (Å²) in [6.07, 6.45) is 1.19. The largest absolute Gasteiger partial charge is 0.497 e. The average Bonchev–Trinajstić information content (AvgIpc) is 2.35. The molecule has 0 N–H and O–H groups in total. The minimum absolute atomic E-state index is 0.579. The van der Waals surface area contributed by atoms with E-state index in [0.717, 1.165) is 34.9 Å². The lowest BCUT2D eigenvalue weighted by Crippen LogP contribution is -2.11. The summed E-state index contributed by atoms with van der Waals surface area (Å²) in [6, 6.07) is 5.93. The molecule has 0 bridgehead atoms. The van der Waals surface area contributed by atoms with Gasteiger partial charge in [-0.3, -0.25) is 0 Å². The minimum atomic E-state index is 0.579. The van der Waals surface area contributed by atoms with Gasteiger partial charge in [0.25, 0.3) is 0 Å². The molecular weight excluding hydrogens is 292 g/mol. The quantitative estimate of drug-likeness (QED) is 0.682. The van der Waals surface area contributed by atoms with Crippen LogP contribution in [-0.2, 0) is 5.33 Å². The Morgan fingerprint density at radius 1 is 1.22 bits per heavy atom. The Labute approximate surface area is 119 Å². The first-order chi connectivity index (χ1) is 8.56. The van der Waals surface area contributed by atoms with Crippen molar-refractivity contribution < 1.29 is 9.47 Å². The van der Waals surface area contributed by atoms with Crippen molar-refractivity contribution in [2.75, 3.05) is 13.7 Å². The molecule has 1 aromatic carbocycles. The molecule has 18 heavy (non-hydrogen) atoms. The van der Waals surface area contributed by atoms with Gasteiger partial charge in [-0.2, -0.15) is 0 Å². The Hall–Kier alpha value is -0.700. The van der Waals surface area contributed by atoms with Crippen molar-refractivity contribution in [2.45, 2.75) is 32.5 Å². The van der Waals surface area contributed by atoms with Crippen LogP contribution in [0.25, 0.3) is 0 Å². The first kappa shape index (κ1) is 15.4. The molecule has 1 aromatic rings. The number of rotatable bonds is 7. The summed E-state index contributed by atoms with van der Waals surface area (Å²) in [6.45, 7) is 7.49. The van der Waals surface area contributed by atoms with Crippen LogP contribution in [0.5, 0.6) is 11.5 Å². The van der Waals surface area contributed by atoms with E-state index in [1.54, 1.807) is 7.11 Å². The summed E-state index contributed by atoms with van der Waals surface area (Å²) < 4.78 is 11.1. The molecule has 0 saturated heterocycles. The van der Waals surface area contributed by atoms with Gasteiger partial charge in [0.1, 0.15) is 11.5 Å². The van der Waals surface area contributed by atoms with E-state index in [0.29, 0.717) is 5.92 Å². The van der Waals surface area contributed by atoms with E-state index in [1.165, 1.54) is 6.42 Å². The van der Waals surface area contributed by atoms with Crippen molar-refractivity contribution in [3.63, 3.8) is 0 Å². The molecule has 0 aliphatic rings. The van der Waals surface area contributed by atoms with E-state index in [-0.39, 0.29) is 0 Å². The highest BCUT2D eigenvalue weighted by Crippen LogP contribution is 2.27. The van der Waals surface area contributed by atoms with Gasteiger partial charge < -0.3 is 9.47 Å². The number of halogens is 1.